The van der Waals surface area contributed by atoms with Crippen LogP contribution in [0.15, 0.2) is 18.2 Å². The standard InChI is InChI=1S/C19H27NO4/c1-12(2)20-14-6-7-15(20)11-16(10-14)24-19(21)13-5-8-17(22-3)18(9-13)23-4/h5,8-9,12,14-16H,6-7,10-11H2,1-4H3. The minimum Gasteiger partial charge on any atom is -0.493 e. The molecule has 2 atom stereocenters. The SMILES string of the molecule is COc1ccc(C(=O)OC2CC3CCC(C2)N3C(C)C)cc1OC. The van der Waals surface area contributed by atoms with Crippen LogP contribution in [0.5, 0.6) is 11.5 Å². The average molecular weight is 333 g/mol. The average Bonchev–Trinajstić information content (AvgIpc) is 2.85. The summed E-state index contributed by atoms with van der Waals surface area (Å²) < 4.78 is 16.3. The molecule has 3 rings (SSSR count). The molecule has 132 valence electrons. The third-order valence-electron chi connectivity index (χ3n) is 5.24. The third kappa shape index (κ3) is 3.22. The minimum absolute atomic E-state index is 0.0121. The zero-order valence-electron chi connectivity index (χ0n) is 15.0. The highest BCUT2D eigenvalue weighted by Gasteiger charge is 2.43. The zero-order valence-corrected chi connectivity index (χ0v) is 15.0. The van der Waals surface area contributed by atoms with E-state index in [1.54, 1.807) is 32.4 Å². The third-order valence-corrected chi connectivity index (χ3v) is 5.24. The molecule has 2 bridgehead atoms. The molecule has 2 fully saturated rings. The van der Waals surface area contributed by atoms with Crippen LogP contribution in [0.25, 0.3) is 0 Å². The van der Waals surface area contributed by atoms with Crippen LogP contribution < -0.4 is 9.47 Å². The molecule has 1 aromatic rings. The van der Waals surface area contributed by atoms with E-state index in [1.165, 1.54) is 12.8 Å². The van der Waals surface area contributed by atoms with Gasteiger partial charge in [0.15, 0.2) is 11.5 Å². The first kappa shape index (κ1) is 17.1. The predicted octanol–water partition coefficient (Wildman–Crippen LogP) is 3.26. The Labute approximate surface area is 143 Å². The lowest BCUT2D eigenvalue weighted by molar-refractivity contribution is -0.0135. The highest BCUT2D eigenvalue weighted by Crippen LogP contribution is 2.38. The van der Waals surface area contributed by atoms with Crippen LogP contribution in [-0.2, 0) is 4.74 Å². The van der Waals surface area contributed by atoms with Crippen LogP contribution in [0.1, 0.15) is 49.9 Å². The first-order valence-electron chi connectivity index (χ1n) is 8.74. The van der Waals surface area contributed by atoms with E-state index in [9.17, 15) is 4.79 Å². The molecule has 0 aliphatic carbocycles. The fourth-order valence-corrected chi connectivity index (χ4v) is 4.29. The number of hydrogen-bond donors (Lipinski definition) is 0. The summed E-state index contributed by atoms with van der Waals surface area (Å²) in [5, 5.41) is 0. The van der Waals surface area contributed by atoms with Crippen molar-refractivity contribution in [2.45, 2.75) is 63.8 Å². The molecule has 0 aromatic heterocycles. The lowest BCUT2D eigenvalue weighted by Gasteiger charge is -2.41. The molecule has 5 heteroatoms. The number of benzene rings is 1. The van der Waals surface area contributed by atoms with Crippen molar-refractivity contribution in [2.24, 2.45) is 0 Å². The van der Waals surface area contributed by atoms with Gasteiger partial charge in [-0.05, 0) is 44.9 Å². The number of methoxy groups -OCH3 is 2. The van der Waals surface area contributed by atoms with Crippen molar-refractivity contribution < 1.29 is 19.0 Å². The summed E-state index contributed by atoms with van der Waals surface area (Å²) in [7, 11) is 3.14. The second kappa shape index (κ2) is 7.01. The van der Waals surface area contributed by atoms with Gasteiger partial charge in [-0.1, -0.05) is 0 Å². The maximum Gasteiger partial charge on any atom is 0.338 e. The van der Waals surface area contributed by atoms with Gasteiger partial charge in [-0.3, -0.25) is 4.90 Å². The molecule has 2 saturated heterocycles. The number of esters is 1. The number of carbonyl (C=O) groups excluding carboxylic acids is 1. The number of nitrogens with zero attached hydrogens (tertiary/aromatic N) is 1. The van der Waals surface area contributed by atoms with Crippen LogP contribution in [0.4, 0.5) is 0 Å². The molecular formula is C19H27NO4. The molecule has 0 amide bonds. The normalized spacial score (nSPS) is 26.5. The Bertz CT molecular complexity index is 587. The first-order valence-corrected chi connectivity index (χ1v) is 8.74. The van der Waals surface area contributed by atoms with Crippen molar-refractivity contribution in [2.75, 3.05) is 14.2 Å². The Morgan fingerprint density at radius 1 is 1.08 bits per heavy atom. The maximum absolute atomic E-state index is 12.5. The Kier molecular flexibility index (Phi) is 4.99. The molecule has 2 aliphatic rings. The number of rotatable bonds is 5. The summed E-state index contributed by atoms with van der Waals surface area (Å²) in [6, 6.07) is 6.80. The molecule has 0 saturated carbocycles. The Hall–Kier alpha value is -1.75. The van der Waals surface area contributed by atoms with E-state index >= 15 is 0 Å². The zero-order chi connectivity index (χ0) is 17.3. The molecule has 24 heavy (non-hydrogen) atoms. The van der Waals surface area contributed by atoms with Gasteiger partial charge >= 0.3 is 5.97 Å². The monoisotopic (exact) mass is 333 g/mol. The second-order valence-corrected chi connectivity index (χ2v) is 6.99. The van der Waals surface area contributed by atoms with Crippen LogP contribution in [-0.4, -0.2) is 49.3 Å². The topological polar surface area (TPSA) is 48.0 Å². The van der Waals surface area contributed by atoms with Crippen LogP contribution in [0.3, 0.4) is 0 Å². The molecular weight excluding hydrogens is 306 g/mol. The number of ether oxygens (including phenoxy) is 3. The van der Waals surface area contributed by atoms with Gasteiger partial charge in [-0.15, -0.1) is 0 Å². The molecule has 2 heterocycles. The predicted molar refractivity (Wildman–Crippen MR) is 91.8 cm³/mol. The number of fused-ring (bicyclic) bond motifs is 2. The Morgan fingerprint density at radius 3 is 2.25 bits per heavy atom. The fourth-order valence-electron chi connectivity index (χ4n) is 4.29. The summed E-state index contributed by atoms with van der Waals surface area (Å²) in [5.74, 6) is 0.873. The lowest BCUT2D eigenvalue weighted by Crippen LogP contribution is -2.49. The maximum atomic E-state index is 12.5. The van der Waals surface area contributed by atoms with Crippen LogP contribution in [0.2, 0.25) is 0 Å². The van der Waals surface area contributed by atoms with Gasteiger partial charge in [-0.25, -0.2) is 4.79 Å². The van der Waals surface area contributed by atoms with Crippen molar-refractivity contribution in [3.05, 3.63) is 23.8 Å². The molecule has 1 aromatic carbocycles. The largest absolute Gasteiger partial charge is 0.493 e. The van der Waals surface area contributed by atoms with Crippen LogP contribution in [0, 0.1) is 0 Å². The first-order chi connectivity index (χ1) is 11.5. The van der Waals surface area contributed by atoms with Gasteiger partial charge in [0.2, 0.25) is 0 Å². The summed E-state index contributed by atoms with van der Waals surface area (Å²) in [5.41, 5.74) is 0.506. The summed E-state index contributed by atoms with van der Waals surface area (Å²) in [4.78, 5) is 15.1. The van der Waals surface area contributed by atoms with Gasteiger partial charge in [0.25, 0.3) is 0 Å². The van der Waals surface area contributed by atoms with Gasteiger partial charge in [0.05, 0.1) is 19.8 Å². The van der Waals surface area contributed by atoms with Crippen molar-refractivity contribution in [1.29, 1.82) is 0 Å². The molecule has 0 N–H and O–H groups in total. The number of carbonyl (C=O) groups is 1. The van der Waals surface area contributed by atoms with Crippen LogP contribution >= 0.6 is 0 Å². The summed E-state index contributed by atoms with van der Waals surface area (Å²) in [6.45, 7) is 4.50. The molecule has 2 unspecified atom stereocenters. The molecule has 2 aliphatic heterocycles. The molecule has 0 radical (unpaired) electrons. The number of piperidine rings is 1. The van der Waals surface area contributed by atoms with E-state index < -0.39 is 0 Å². The molecule has 5 nitrogen and oxygen atoms in total. The molecule has 0 spiro atoms. The van der Waals surface area contributed by atoms with Gasteiger partial charge in [0.1, 0.15) is 6.10 Å². The van der Waals surface area contributed by atoms with E-state index in [1.807, 2.05) is 0 Å². The van der Waals surface area contributed by atoms with Crippen molar-refractivity contribution in [3.63, 3.8) is 0 Å². The van der Waals surface area contributed by atoms with Crippen molar-refractivity contribution >= 4 is 5.97 Å². The fraction of sp³-hybridized carbons (Fsp3) is 0.632. The highest BCUT2D eigenvalue weighted by atomic mass is 16.5. The smallest absolute Gasteiger partial charge is 0.338 e. The number of hydrogen-bond acceptors (Lipinski definition) is 5. The lowest BCUT2D eigenvalue weighted by atomic mass is 9.98. The van der Waals surface area contributed by atoms with Gasteiger partial charge in [-0.2, -0.15) is 0 Å². The summed E-state index contributed by atoms with van der Waals surface area (Å²) in [6.07, 6.45) is 4.32. The second-order valence-electron chi connectivity index (χ2n) is 6.99. The Morgan fingerprint density at radius 2 is 1.71 bits per heavy atom. The van der Waals surface area contributed by atoms with Crippen molar-refractivity contribution in [3.8, 4) is 11.5 Å². The van der Waals surface area contributed by atoms with E-state index in [0.29, 0.717) is 35.2 Å². The van der Waals surface area contributed by atoms with E-state index in [0.717, 1.165) is 12.8 Å². The van der Waals surface area contributed by atoms with E-state index in [2.05, 4.69) is 18.7 Å². The van der Waals surface area contributed by atoms with E-state index in [4.69, 9.17) is 14.2 Å². The van der Waals surface area contributed by atoms with Gasteiger partial charge in [0, 0.05) is 31.0 Å². The minimum atomic E-state index is -0.279. The van der Waals surface area contributed by atoms with E-state index in [-0.39, 0.29) is 12.1 Å². The highest BCUT2D eigenvalue weighted by molar-refractivity contribution is 5.90. The van der Waals surface area contributed by atoms with Gasteiger partial charge < -0.3 is 14.2 Å². The summed E-state index contributed by atoms with van der Waals surface area (Å²) >= 11 is 0. The van der Waals surface area contributed by atoms with Crippen molar-refractivity contribution in [1.82, 2.24) is 4.90 Å². The quantitative estimate of drug-likeness (QED) is 0.774. The Balaban J connectivity index is 1.66.